The van der Waals surface area contributed by atoms with Crippen molar-refractivity contribution in [1.29, 1.82) is 0 Å². The van der Waals surface area contributed by atoms with E-state index in [0.29, 0.717) is 18.8 Å². The van der Waals surface area contributed by atoms with Crippen LogP contribution >= 0.6 is 0 Å². The van der Waals surface area contributed by atoms with Crippen molar-refractivity contribution in [2.75, 3.05) is 12.3 Å². The first kappa shape index (κ1) is 15.9. The first-order valence-corrected chi connectivity index (χ1v) is 7.91. The van der Waals surface area contributed by atoms with E-state index >= 15 is 0 Å². The number of nitrogens with zero attached hydrogens (tertiary/aromatic N) is 1. The summed E-state index contributed by atoms with van der Waals surface area (Å²) in [7, 11) is -3.47. The van der Waals surface area contributed by atoms with E-state index in [1.807, 2.05) is 25.1 Å². The molecule has 108 valence electrons. The Morgan fingerprint density at radius 2 is 1.95 bits per heavy atom. The van der Waals surface area contributed by atoms with Crippen molar-refractivity contribution in [3.63, 3.8) is 0 Å². The molecular weight excluding hydrogens is 262 g/mol. The quantitative estimate of drug-likeness (QED) is 0.749. The van der Waals surface area contributed by atoms with Crippen LogP contribution in [-0.4, -0.2) is 25.3 Å². The van der Waals surface area contributed by atoms with Gasteiger partial charge >= 0.3 is 0 Å². The number of nitrogen functional groups attached to an aromatic ring is 1. The first-order chi connectivity index (χ1) is 8.86. The molecule has 1 rings (SSSR count). The maximum absolute atomic E-state index is 12.2. The summed E-state index contributed by atoms with van der Waals surface area (Å²) in [5.41, 5.74) is 7.31. The van der Waals surface area contributed by atoms with Gasteiger partial charge in [-0.25, -0.2) is 0 Å². The summed E-state index contributed by atoms with van der Waals surface area (Å²) < 4.78 is 28.5. The first-order valence-electron chi connectivity index (χ1n) is 6.47. The van der Waals surface area contributed by atoms with Crippen molar-refractivity contribution in [2.24, 2.45) is 0 Å². The van der Waals surface area contributed by atoms with Gasteiger partial charge < -0.3 is 5.73 Å². The van der Waals surface area contributed by atoms with Crippen LogP contribution in [0.5, 0.6) is 0 Å². The standard InChI is InChI=1S/C13H23N3O2S/c1-4-9-16(19(17,18)15-11(2)3)10-12-7-5-6-8-13(12)14/h5-8,11,15H,4,9-10,14H2,1-3H3. The number of anilines is 1. The van der Waals surface area contributed by atoms with Gasteiger partial charge in [0, 0.05) is 24.8 Å². The second kappa shape index (κ2) is 6.88. The summed E-state index contributed by atoms with van der Waals surface area (Å²) in [5, 5.41) is 0. The number of hydrogen-bond acceptors (Lipinski definition) is 3. The van der Waals surface area contributed by atoms with E-state index in [2.05, 4.69) is 4.72 Å². The van der Waals surface area contributed by atoms with Gasteiger partial charge in [0.1, 0.15) is 0 Å². The molecule has 1 aromatic carbocycles. The van der Waals surface area contributed by atoms with Gasteiger partial charge in [-0.05, 0) is 31.9 Å². The average molecular weight is 285 g/mol. The Hall–Kier alpha value is -1.11. The van der Waals surface area contributed by atoms with E-state index in [-0.39, 0.29) is 6.04 Å². The fourth-order valence-corrected chi connectivity index (χ4v) is 3.25. The number of para-hydroxylation sites is 1. The van der Waals surface area contributed by atoms with E-state index in [1.165, 1.54) is 4.31 Å². The minimum Gasteiger partial charge on any atom is -0.398 e. The molecule has 6 heteroatoms. The van der Waals surface area contributed by atoms with Crippen molar-refractivity contribution in [1.82, 2.24) is 9.03 Å². The van der Waals surface area contributed by atoms with E-state index in [4.69, 9.17) is 5.73 Å². The fourth-order valence-electron chi connectivity index (χ4n) is 1.77. The van der Waals surface area contributed by atoms with Crippen molar-refractivity contribution < 1.29 is 8.42 Å². The minimum absolute atomic E-state index is 0.127. The maximum atomic E-state index is 12.2. The molecule has 0 bridgehead atoms. The zero-order chi connectivity index (χ0) is 14.5. The smallest absolute Gasteiger partial charge is 0.279 e. The molecule has 3 N–H and O–H groups in total. The Labute approximate surface area is 116 Å². The summed E-state index contributed by atoms with van der Waals surface area (Å²) in [4.78, 5) is 0. The van der Waals surface area contributed by atoms with Gasteiger partial charge in [0.25, 0.3) is 10.2 Å². The Morgan fingerprint density at radius 3 is 2.47 bits per heavy atom. The molecular formula is C13H23N3O2S. The molecule has 0 aliphatic carbocycles. The van der Waals surface area contributed by atoms with Crippen LogP contribution in [0.1, 0.15) is 32.8 Å². The third-order valence-corrected chi connectivity index (χ3v) is 4.36. The van der Waals surface area contributed by atoms with Crippen molar-refractivity contribution in [3.8, 4) is 0 Å². The van der Waals surface area contributed by atoms with Gasteiger partial charge in [-0.3, -0.25) is 0 Å². The Bertz CT molecular complexity index is 500. The predicted octanol–water partition coefficient (Wildman–Crippen LogP) is 1.72. The van der Waals surface area contributed by atoms with Gasteiger partial charge in [0.05, 0.1) is 0 Å². The number of nitrogens with two attached hydrogens (primary N) is 1. The monoisotopic (exact) mass is 285 g/mol. The fraction of sp³-hybridized carbons (Fsp3) is 0.538. The van der Waals surface area contributed by atoms with Crippen LogP contribution in [0.2, 0.25) is 0 Å². The van der Waals surface area contributed by atoms with Gasteiger partial charge in [-0.15, -0.1) is 0 Å². The molecule has 0 fully saturated rings. The van der Waals surface area contributed by atoms with Crippen molar-refractivity contribution in [3.05, 3.63) is 29.8 Å². The highest BCUT2D eigenvalue weighted by atomic mass is 32.2. The summed E-state index contributed by atoms with van der Waals surface area (Å²) in [6.07, 6.45) is 0.756. The number of hydrogen-bond donors (Lipinski definition) is 2. The van der Waals surface area contributed by atoms with Gasteiger partial charge in [-0.2, -0.15) is 17.4 Å². The highest BCUT2D eigenvalue weighted by Crippen LogP contribution is 2.15. The van der Waals surface area contributed by atoms with Crippen molar-refractivity contribution >= 4 is 15.9 Å². The molecule has 0 aliphatic heterocycles. The number of benzene rings is 1. The Balaban J connectivity index is 2.93. The predicted molar refractivity (Wildman–Crippen MR) is 78.7 cm³/mol. The lowest BCUT2D eigenvalue weighted by atomic mass is 10.2. The molecule has 1 aromatic rings. The minimum atomic E-state index is -3.47. The molecule has 5 nitrogen and oxygen atoms in total. The van der Waals surface area contributed by atoms with Crippen LogP contribution in [-0.2, 0) is 16.8 Å². The molecule has 0 unspecified atom stereocenters. The third-order valence-electron chi connectivity index (χ3n) is 2.60. The SMILES string of the molecule is CCCN(Cc1ccccc1N)S(=O)(=O)NC(C)C. The average Bonchev–Trinajstić information content (AvgIpc) is 2.29. The normalized spacial score (nSPS) is 12.3. The van der Waals surface area contributed by atoms with E-state index in [1.54, 1.807) is 19.9 Å². The largest absolute Gasteiger partial charge is 0.398 e. The molecule has 0 saturated carbocycles. The molecule has 0 heterocycles. The molecule has 19 heavy (non-hydrogen) atoms. The highest BCUT2D eigenvalue weighted by Gasteiger charge is 2.22. The van der Waals surface area contributed by atoms with Crippen LogP contribution in [0.15, 0.2) is 24.3 Å². The number of rotatable bonds is 7. The molecule has 0 atom stereocenters. The van der Waals surface area contributed by atoms with Crippen LogP contribution < -0.4 is 10.5 Å². The topological polar surface area (TPSA) is 75.4 Å². The van der Waals surface area contributed by atoms with Gasteiger partial charge in [0.15, 0.2) is 0 Å². The van der Waals surface area contributed by atoms with Crippen molar-refractivity contribution in [2.45, 2.75) is 39.8 Å². The lowest BCUT2D eigenvalue weighted by Crippen LogP contribution is -2.43. The Morgan fingerprint density at radius 1 is 1.32 bits per heavy atom. The second-order valence-corrected chi connectivity index (χ2v) is 6.51. The highest BCUT2D eigenvalue weighted by molar-refractivity contribution is 7.87. The molecule has 0 aromatic heterocycles. The van der Waals surface area contributed by atoms with E-state index < -0.39 is 10.2 Å². The molecule has 0 radical (unpaired) electrons. The summed E-state index contributed by atoms with van der Waals surface area (Å²) in [6.45, 7) is 6.32. The number of nitrogens with one attached hydrogen (secondary N) is 1. The third kappa shape index (κ3) is 4.81. The zero-order valence-electron chi connectivity index (χ0n) is 11.8. The van der Waals surface area contributed by atoms with E-state index in [0.717, 1.165) is 12.0 Å². The van der Waals surface area contributed by atoms with Gasteiger partial charge in [-0.1, -0.05) is 25.1 Å². The van der Waals surface area contributed by atoms with Gasteiger partial charge in [0.2, 0.25) is 0 Å². The second-order valence-electron chi connectivity index (χ2n) is 4.81. The van der Waals surface area contributed by atoms with Crippen LogP contribution in [0, 0.1) is 0 Å². The lowest BCUT2D eigenvalue weighted by molar-refractivity contribution is 0.394. The molecule has 0 amide bonds. The molecule has 0 saturated heterocycles. The summed E-state index contributed by atoms with van der Waals surface area (Å²) in [6, 6.07) is 7.20. The Kier molecular flexibility index (Phi) is 5.78. The van der Waals surface area contributed by atoms with Crippen LogP contribution in [0.25, 0.3) is 0 Å². The lowest BCUT2D eigenvalue weighted by Gasteiger charge is -2.23. The summed E-state index contributed by atoms with van der Waals surface area (Å²) >= 11 is 0. The van der Waals surface area contributed by atoms with Crippen LogP contribution in [0.3, 0.4) is 0 Å². The van der Waals surface area contributed by atoms with Crippen LogP contribution in [0.4, 0.5) is 5.69 Å². The zero-order valence-corrected chi connectivity index (χ0v) is 12.6. The molecule has 0 spiro atoms. The molecule has 0 aliphatic rings. The summed E-state index contributed by atoms with van der Waals surface area (Å²) in [5.74, 6) is 0. The van der Waals surface area contributed by atoms with E-state index in [9.17, 15) is 8.42 Å². The maximum Gasteiger partial charge on any atom is 0.279 e.